The zero-order valence-corrected chi connectivity index (χ0v) is 17.0. The summed E-state index contributed by atoms with van der Waals surface area (Å²) in [7, 11) is 0. The van der Waals surface area contributed by atoms with Crippen LogP contribution >= 0.6 is 12.4 Å². The number of nitrogens with one attached hydrogen (secondary N) is 1. The molecule has 3 aromatic carbocycles. The van der Waals surface area contributed by atoms with Crippen LogP contribution in [0.15, 0.2) is 84.9 Å². The van der Waals surface area contributed by atoms with Gasteiger partial charge in [-0.25, -0.2) is 0 Å². The largest absolute Gasteiger partial charge is 0.376 e. The zero-order chi connectivity index (χ0) is 18.4. The Morgan fingerprint density at radius 2 is 1.39 bits per heavy atom. The molecule has 1 aliphatic heterocycles. The van der Waals surface area contributed by atoms with Gasteiger partial charge in [0.25, 0.3) is 0 Å². The second-order valence-corrected chi connectivity index (χ2v) is 7.46. The molecule has 146 valence electrons. The molecule has 0 atom stereocenters. The average Bonchev–Trinajstić information content (AvgIpc) is 2.76. The van der Waals surface area contributed by atoms with Gasteiger partial charge in [-0.15, -0.1) is 12.4 Å². The third-order valence-electron chi connectivity index (χ3n) is 5.63. The first-order valence-corrected chi connectivity index (χ1v) is 9.84. The van der Waals surface area contributed by atoms with Crippen molar-refractivity contribution in [1.29, 1.82) is 0 Å². The summed E-state index contributed by atoms with van der Waals surface area (Å²) in [4.78, 5) is 0. The monoisotopic (exact) mass is 393 g/mol. The van der Waals surface area contributed by atoms with Crippen molar-refractivity contribution < 1.29 is 4.74 Å². The van der Waals surface area contributed by atoms with Crippen LogP contribution in [0.3, 0.4) is 0 Å². The van der Waals surface area contributed by atoms with Gasteiger partial charge in [-0.1, -0.05) is 78.9 Å². The van der Waals surface area contributed by atoms with Crippen LogP contribution in [0.4, 0.5) is 0 Å². The van der Waals surface area contributed by atoms with Crippen LogP contribution in [0, 0.1) is 0 Å². The lowest BCUT2D eigenvalue weighted by Crippen LogP contribution is -2.43. The van der Waals surface area contributed by atoms with Gasteiger partial charge in [0, 0.05) is 5.41 Å². The summed E-state index contributed by atoms with van der Waals surface area (Å²) in [6.07, 6.45) is 2.25. The highest BCUT2D eigenvalue weighted by atomic mass is 35.5. The fourth-order valence-electron chi connectivity index (χ4n) is 4.05. The summed E-state index contributed by atoms with van der Waals surface area (Å²) in [5.41, 5.74) is 5.26. The van der Waals surface area contributed by atoms with Gasteiger partial charge in [-0.3, -0.25) is 0 Å². The van der Waals surface area contributed by atoms with Crippen LogP contribution < -0.4 is 5.32 Å². The Labute approximate surface area is 174 Å². The topological polar surface area (TPSA) is 21.3 Å². The van der Waals surface area contributed by atoms with Crippen molar-refractivity contribution in [2.24, 2.45) is 0 Å². The quantitative estimate of drug-likeness (QED) is 0.587. The molecule has 4 rings (SSSR count). The van der Waals surface area contributed by atoms with Gasteiger partial charge in [0.1, 0.15) is 0 Å². The van der Waals surface area contributed by atoms with Crippen LogP contribution in [0.25, 0.3) is 11.1 Å². The Bertz CT molecular complexity index is 845. The first-order chi connectivity index (χ1) is 13.4. The van der Waals surface area contributed by atoms with Gasteiger partial charge >= 0.3 is 0 Å². The average molecular weight is 394 g/mol. The number of rotatable bonds is 6. The summed E-state index contributed by atoms with van der Waals surface area (Å²) >= 11 is 0. The third kappa shape index (κ3) is 4.82. The van der Waals surface area contributed by atoms with E-state index in [1.165, 1.54) is 22.3 Å². The summed E-state index contributed by atoms with van der Waals surface area (Å²) in [5, 5.41) is 3.49. The number of piperidine rings is 1. The number of halogens is 1. The van der Waals surface area contributed by atoms with Gasteiger partial charge in [0.05, 0.1) is 13.2 Å². The highest BCUT2D eigenvalue weighted by Gasteiger charge is 2.34. The number of ether oxygens (including phenoxy) is 1. The van der Waals surface area contributed by atoms with Gasteiger partial charge < -0.3 is 10.1 Å². The molecule has 1 N–H and O–H groups in total. The molecule has 28 heavy (non-hydrogen) atoms. The van der Waals surface area contributed by atoms with E-state index in [4.69, 9.17) is 4.74 Å². The summed E-state index contributed by atoms with van der Waals surface area (Å²) in [6, 6.07) is 30.1. The number of hydrogen-bond donors (Lipinski definition) is 1. The predicted octanol–water partition coefficient (Wildman–Crippen LogP) is 5.61. The number of benzene rings is 3. The number of hydrogen-bond acceptors (Lipinski definition) is 2. The van der Waals surface area contributed by atoms with E-state index in [-0.39, 0.29) is 17.8 Å². The molecule has 0 aliphatic carbocycles. The molecule has 0 unspecified atom stereocenters. The molecule has 1 saturated heterocycles. The van der Waals surface area contributed by atoms with Gasteiger partial charge in [-0.05, 0) is 54.3 Å². The van der Waals surface area contributed by atoms with E-state index in [2.05, 4.69) is 90.2 Å². The fraction of sp³-hybridized carbons (Fsp3) is 0.280. The third-order valence-corrected chi connectivity index (χ3v) is 5.63. The Hall–Kier alpha value is -2.13. The smallest absolute Gasteiger partial charge is 0.0717 e. The maximum Gasteiger partial charge on any atom is 0.0717 e. The lowest BCUT2D eigenvalue weighted by atomic mass is 9.74. The molecule has 1 aliphatic rings. The molecular formula is C25H28ClNO. The summed E-state index contributed by atoms with van der Waals surface area (Å²) < 4.78 is 6.28. The molecule has 0 radical (unpaired) electrons. The first kappa shape index (κ1) is 20.6. The summed E-state index contributed by atoms with van der Waals surface area (Å²) in [5.74, 6) is 0. The minimum atomic E-state index is 0. The second-order valence-electron chi connectivity index (χ2n) is 7.46. The Morgan fingerprint density at radius 3 is 2.11 bits per heavy atom. The SMILES string of the molecule is Cl.c1ccc(-c2cccc(COCC3(c4ccccc4)CCNCC3)c2)cc1. The van der Waals surface area contributed by atoms with Crippen molar-refractivity contribution >= 4 is 12.4 Å². The van der Waals surface area contributed by atoms with E-state index in [0.29, 0.717) is 6.61 Å². The van der Waals surface area contributed by atoms with E-state index >= 15 is 0 Å². The van der Waals surface area contributed by atoms with Crippen molar-refractivity contribution in [2.75, 3.05) is 19.7 Å². The molecule has 0 saturated carbocycles. The highest BCUT2D eigenvalue weighted by Crippen LogP contribution is 2.34. The molecular weight excluding hydrogens is 366 g/mol. The van der Waals surface area contributed by atoms with Gasteiger partial charge in [0.15, 0.2) is 0 Å². The fourth-order valence-corrected chi connectivity index (χ4v) is 4.05. The van der Waals surface area contributed by atoms with E-state index in [1.54, 1.807) is 0 Å². The van der Waals surface area contributed by atoms with E-state index in [9.17, 15) is 0 Å². The lowest BCUT2D eigenvalue weighted by molar-refractivity contribution is 0.0565. The van der Waals surface area contributed by atoms with Crippen LogP contribution in [-0.4, -0.2) is 19.7 Å². The van der Waals surface area contributed by atoms with Crippen LogP contribution in [-0.2, 0) is 16.8 Å². The first-order valence-electron chi connectivity index (χ1n) is 9.84. The lowest BCUT2D eigenvalue weighted by Gasteiger charge is -2.38. The highest BCUT2D eigenvalue weighted by molar-refractivity contribution is 5.85. The molecule has 1 heterocycles. The normalized spacial score (nSPS) is 15.6. The second kappa shape index (κ2) is 9.88. The maximum absolute atomic E-state index is 6.28. The Kier molecular flexibility index (Phi) is 7.27. The van der Waals surface area contributed by atoms with Gasteiger partial charge in [0.2, 0.25) is 0 Å². The predicted molar refractivity (Wildman–Crippen MR) is 119 cm³/mol. The molecule has 3 aromatic rings. The Balaban J connectivity index is 0.00000225. The molecule has 2 nitrogen and oxygen atoms in total. The molecule has 1 fully saturated rings. The minimum Gasteiger partial charge on any atom is -0.376 e. The van der Waals surface area contributed by atoms with Crippen LogP contribution in [0.1, 0.15) is 24.0 Å². The minimum absolute atomic E-state index is 0. The molecule has 0 amide bonds. The van der Waals surface area contributed by atoms with E-state index in [0.717, 1.165) is 32.5 Å². The van der Waals surface area contributed by atoms with E-state index in [1.807, 2.05) is 0 Å². The molecule has 0 aromatic heterocycles. The summed E-state index contributed by atoms with van der Waals surface area (Å²) in [6.45, 7) is 3.54. The van der Waals surface area contributed by atoms with Crippen molar-refractivity contribution in [1.82, 2.24) is 5.32 Å². The molecule has 3 heteroatoms. The zero-order valence-electron chi connectivity index (χ0n) is 16.1. The molecule has 0 bridgehead atoms. The maximum atomic E-state index is 6.28. The van der Waals surface area contributed by atoms with E-state index < -0.39 is 0 Å². The Morgan fingerprint density at radius 1 is 0.750 bits per heavy atom. The van der Waals surface area contributed by atoms with Crippen molar-refractivity contribution in [3.05, 3.63) is 96.1 Å². The van der Waals surface area contributed by atoms with Gasteiger partial charge in [-0.2, -0.15) is 0 Å². The standard InChI is InChI=1S/C25H27NO.ClH/c1-3-9-22(10-4-1)23-11-7-8-21(18-23)19-27-20-25(14-16-26-17-15-25)24-12-5-2-6-13-24;/h1-13,18,26H,14-17,19-20H2;1H. The molecule has 0 spiro atoms. The van der Waals surface area contributed by atoms with Crippen molar-refractivity contribution in [3.63, 3.8) is 0 Å². The van der Waals surface area contributed by atoms with Crippen LogP contribution in [0.2, 0.25) is 0 Å². The van der Waals surface area contributed by atoms with Crippen LogP contribution in [0.5, 0.6) is 0 Å². The van der Waals surface area contributed by atoms with Crippen molar-refractivity contribution in [3.8, 4) is 11.1 Å². The van der Waals surface area contributed by atoms with Crippen molar-refractivity contribution in [2.45, 2.75) is 24.9 Å².